The molecule has 130 valence electrons. The van der Waals surface area contributed by atoms with Crippen molar-refractivity contribution in [1.82, 2.24) is 4.57 Å². The van der Waals surface area contributed by atoms with Crippen molar-refractivity contribution < 1.29 is 4.79 Å². The van der Waals surface area contributed by atoms with Gasteiger partial charge in [-0.2, -0.15) is 5.26 Å². The van der Waals surface area contributed by atoms with E-state index in [-0.39, 0.29) is 11.5 Å². The molecule has 1 aromatic carbocycles. The summed E-state index contributed by atoms with van der Waals surface area (Å²) in [5, 5.41) is 12.2. The van der Waals surface area contributed by atoms with Crippen LogP contribution in [0, 0.1) is 25.2 Å². The normalized spacial score (nSPS) is 11.2. The van der Waals surface area contributed by atoms with Gasteiger partial charge in [-0.05, 0) is 68.5 Å². The van der Waals surface area contributed by atoms with Crippen molar-refractivity contribution in [3.05, 3.63) is 52.9 Å². The molecule has 0 aliphatic rings. The Morgan fingerprint density at radius 3 is 2.56 bits per heavy atom. The standard InChI is InChI=1S/C20H23N3OS/c1-5-10-23-14(2)11-16(15(23)3)12-17(13-21)20(24)22-18-6-8-19(25-4)9-7-18/h6-9,11-12H,5,10H2,1-4H3,(H,22,24)/b17-12+. The molecule has 0 aliphatic heterocycles. The Hall–Kier alpha value is -2.45. The molecule has 4 nitrogen and oxygen atoms in total. The maximum atomic E-state index is 12.4. The van der Waals surface area contributed by atoms with Crippen LogP contribution in [0.25, 0.3) is 6.08 Å². The van der Waals surface area contributed by atoms with Crippen LogP contribution in [0.3, 0.4) is 0 Å². The van der Waals surface area contributed by atoms with Gasteiger partial charge in [0.15, 0.2) is 0 Å². The lowest BCUT2D eigenvalue weighted by Crippen LogP contribution is -2.13. The quantitative estimate of drug-likeness (QED) is 0.462. The maximum absolute atomic E-state index is 12.4. The number of aromatic nitrogens is 1. The van der Waals surface area contributed by atoms with Gasteiger partial charge < -0.3 is 9.88 Å². The summed E-state index contributed by atoms with van der Waals surface area (Å²) in [5.41, 5.74) is 3.90. The highest BCUT2D eigenvalue weighted by Crippen LogP contribution is 2.20. The van der Waals surface area contributed by atoms with Crippen LogP contribution in [0.5, 0.6) is 0 Å². The number of carbonyl (C=O) groups excluding carboxylic acids is 1. The van der Waals surface area contributed by atoms with Gasteiger partial charge >= 0.3 is 0 Å². The number of rotatable bonds is 6. The highest BCUT2D eigenvalue weighted by Gasteiger charge is 2.13. The summed E-state index contributed by atoms with van der Waals surface area (Å²) >= 11 is 1.64. The van der Waals surface area contributed by atoms with Gasteiger partial charge in [0, 0.05) is 28.5 Å². The van der Waals surface area contributed by atoms with Crippen LogP contribution in [-0.2, 0) is 11.3 Å². The number of nitrogens with one attached hydrogen (secondary N) is 1. The van der Waals surface area contributed by atoms with Gasteiger partial charge in [0.2, 0.25) is 0 Å². The smallest absolute Gasteiger partial charge is 0.266 e. The number of hydrogen-bond donors (Lipinski definition) is 1. The minimum atomic E-state index is -0.389. The molecule has 1 heterocycles. The molecule has 1 N–H and O–H groups in total. The van der Waals surface area contributed by atoms with Gasteiger partial charge in [-0.15, -0.1) is 11.8 Å². The molecule has 0 bridgehead atoms. The Labute approximate surface area is 153 Å². The molecule has 0 spiro atoms. The van der Waals surface area contributed by atoms with Crippen LogP contribution in [0.1, 0.15) is 30.3 Å². The molecule has 0 atom stereocenters. The lowest BCUT2D eigenvalue weighted by Gasteiger charge is -2.07. The van der Waals surface area contributed by atoms with E-state index in [0.29, 0.717) is 5.69 Å². The van der Waals surface area contributed by atoms with Gasteiger partial charge in [0.05, 0.1) is 0 Å². The van der Waals surface area contributed by atoms with Crippen molar-refractivity contribution in [3.8, 4) is 6.07 Å². The SMILES string of the molecule is CCCn1c(C)cc(/C=C(\C#N)C(=O)Nc2ccc(SC)cc2)c1C. The second-order valence-corrected chi connectivity index (χ2v) is 6.71. The van der Waals surface area contributed by atoms with Gasteiger partial charge in [-0.25, -0.2) is 0 Å². The molecule has 0 aliphatic carbocycles. The third-order valence-corrected chi connectivity index (χ3v) is 4.82. The summed E-state index contributed by atoms with van der Waals surface area (Å²) in [6.45, 7) is 7.12. The summed E-state index contributed by atoms with van der Waals surface area (Å²) in [5.74, 6) is -0.389. The molecule has 0 fully saturated rings. The van der Waals surface area contributed by atoms with E-state index in [1.165, 1.54) is 0 Å². The summed E-state index contributed by atoms with van der Waals surface area (Å²) in [6, 6.07) is 11.6. The Morgan fingerprint density at radius 2 is 2.00 bits per heavy atom. The minimum absolute atomic E-state index is 0.102. The fourth-order valence-corrected chi connectivity index (χ4v) is 3.13. The Morgan fingerprint density at radius 1 is 1.32 bits per heavy atom. The van der Waals surface area contributed by atoms with Crippen molar-refractivity contribution in [2.45, 2.75) is 38.6 Å². The zero-order chi connectivity index (χ0) is 18.4. The number of benzene rings is 1. The van der Waals surface area contributed by atoms with E-state index in [9.17, 15) is 10.1 Å². The molecule has 0 unspecified atom stereocenters. The topological polar surface area (TPSA) is 57.8 Å². The average molecular weight is 353 g/mol. The van der Waals surface area contributed by atoms with Crippen molar-refractivity contribution in [2.24, 2.45) is 0 Å². The summed E-state index contributed by atoms with van der Waals surface area (Å²) in [7, 11) is 0. The largest absolute Gasteiger partial charge is 0.349 e. The van der Waals surface area contributed by atoms with Crippen LogP contribution in [0.2, 0.25) is 0 Å². The van der Waals surface area contributed by atoms with E-state index < -0.39 is 0 Å². The monoisotopic (exact) mass is 353 g/mol. The number of anilines is 1. The van der Waals surface area contributed by atoms with E-state index >= 15 is 0 Å². The van der Waals surface area contributed by atoms with Crippen LogP contribution < -0.4 is 5.32 Å². The van der Waals surface area contributed by atoms with E-state index in [2.05, 4.69) is 16.8 Å². The Kier molecular flexibility index (Phi) is 6.49. The Bertz CT molecular complexity index is 826. The predicted molar refractivity (Wildman–Crippen MR) is 105 cm³/mol. The number of nitriles is 1. The van der Waals surface area contributed by atoms with E-state index in [1.54, 1.807) is 17.8 Å². The molecule has 0 saturated heterocycles. The second-order valence-electron chi connectivity index (χ2n) is 5.83. The first-order valence-corrected chi connectivity index (χ1v) is 9.46. The molecule has 2 aromatic rings. The van der Waals surface area contributed by atoms with Crippen LogP contribution in [-0.4, -0.2) is 16.7 Å². The van der Waals surface area contributed by atoms with Gasteiger partial charge in [-0.3, -0.25) is 4.79 Å². The molecule has 0 saturated carbocycles. The molecule has 0 radical (unpaired) electrons. The third kappa shape index (κ3) is 4.55. The third-order valence-electron chi connectivity index (χ3n) is 4.07. The van der Waals surface area contributed by atoms with Crippen molar-refractivity contribution in [2.75, 3.05) is 11.6 Å². The second kappa shape index (κ2) is 8.59. The molecule has 1 amide bonds. The zero-order valence-corrected chi connectivity index (χ0v) is 15.9. The predicted octanol–water partition coefficient (Wildman–Crippen LogP) is 4.78. The molecule has 5 heteroatoms. The summed E-state index contributed by atoms with van der Waals surface area (Å²) in [6.07, 6.45) is 4.70. The van der Waals surface area contributed by atoms with E-state index in [1.807, 2.05) is 56.5 Å². The van der Waals surface area contributed by atoms with Gasteiger partial charge in [0.1, 0.15) is 11.6 Å². The van der Waals surface area contributed by atoms with Gasteiger partial charge in [-0.1, -0.05) is 6.92 Å². The van der Waals surface area contributed by atoms with Crippen LogP contribution >= 0.6 is 11.8 Å². The number of nitrogens with zero attached hydrogens (tertiary/aromatic N) is 2. The van der Waals surface area contributed by atoms with Crippen molar-refractivity contribution >= 4 is 29.4 Å². The van der Waals surface area contributed by atoms with E-state index in [4.69, 9.17) is 0 Å². The Balaban J connectivity index is 2.23. The minimum Gasteiger partial charge on any atom is -0.349 e. The fourth-order valence-electron chi connectivity index (χ4n) is 2.72. The number of hydrogen-bond acceptors (Lipinski definition) is 3. The molecule has 1 aromatic heterocycles. The van der Waals surface area contributed by atoms with Crippen molar-refractivity contribution in [3.63, 3.8) is 0 Å². The number of amides is 1. The fraction of sp³-hybridized carbons (Fsp3) is 0.300. The summed E-state index contributed by atoms with van der Waals surface area (Å²) < 4.78 is 2.21. The van der Waals surface area contributed by atoms with Gasteiger partial charge in [0.25, 0.3) is 5.91 Å². The molecular weight excluding hydrogens is 330 g/mol. The lowest BCUT2D eigenvalue weighted by molar-refractivity contribution is -0.112. The van der Waals surface area contributed by atoms with E-state index in [0.717, 1.165) is 34.8 Å². The van der Waals surface area contributed by atoms with Crippen LogP contribution in [0.4, 0.5) is 5.69 Å². The summed E-state index contributed by atoms with van der Waals surface area (Å²) in [4.78, 5) is 13.5. The highest BCUT2D eigenvalue weighted by molar-refractivity contribution is 7.98. The average Bonchev–Trinajstić information content (AvgIpc) is 2.88. The first-order valence-electron chi connectivity index (χ1n) is 8.24. The zero-order valence-electron chi connectivity index (χ0n) is 15.1. The number of carbonyl (C=O) groups is 1. The maximum Gasteiger partial charge on any atom is 0.266 e. The molecule has 2 rings (SSSR count). The van der Waals surface area contributed by atoms with Crippen molar-refractivity contribution in [1.29, 1.82) is 5.26 Å². The lowest BCUT2D eigenvalue weighted by atomic mass is 10.1. The first-order chi connectivity index (χ1) is 12.0. The number of aryl methyl sites for hydroxylation is 1. The molecular formula is C20H23N3OS. The highest BCUT2D eigenvalue weighted by atomic mass is 32.2. The molecule has 25 heavy (non-hydrogen) atoms. The van der Waals surface area contributed by atoms with Crippen LogP contribution in [0.15, 0.2) is 40.8 Å². The number of thioether (sulfide) groups is 1. The first kappa shape index (κ1) is 18.9.